The fourth-order valence-electron chi connectivity index (χ4n) is 3.13. The molecule has 40 heavy (non-hydrogen) atoms. The molecule has 0 radical (unpaired) electrons. The third kappa shape index (κ3) is 13.6. The number of rotatable bonds is 16. The molecule has 1 saturated carbocycles. The van der Waals surface area contributed by atoms with Crippen molar-refractivity contribution in [1.82, 2.24) is 0 Å². The summed E-state index contributed by atoms with van der Waals surface area (Å²) in [6, 6.07) is 7.20. The minimum atomic E-state index is -6.09. The molecule has 1 aliphatic carbocycles. The monoisotopic (exact) mass is 708 g/mol. The van der Waals surface area contributed by atoms with Gasteiger partial charge in [-0.25, -0.2) is 22.8 Å². The van der Waals surface area contributed by atoms with E-state index in [1.807, 2.05) is 12.1 Å². The van der Waals surface area contributed by atoms with Crippen molar-refractivity contribution in [2.24, 2.45) is 0 Å². The van der Waals surface area contributed by atoms with Gasteiger partial charge in [0.2, 0.25) is 3.57 Å². The van der Waals surface area contributed by atoms with Crippen molar-refractivity contribution in [1.29, 1.82) is 0 Å². The smallest absolute Gasteiger partial charge is 0.485 e. The molecule has 228 valence electrons. The highest BCUT2D eigenvalue weighted by molar-refractivity contribution is 7.86. The molecule has 0 spiro atoms. The summed E-state index contributed by atoms with van der Waals surface area (Å²) in [5.74, 6) is -1.21. The van der Waals surface area contributed by atoms with Gasteiger partial charge in [0.25, 0.3) is 3.42 Å². The average molecular weight is 709 g/mol. The standard InChI is InChI=1S/C25H36IO6.CHF3O3S/c1-3-5-7-11-17-30-22(27)19-32-23(28)20-13-9-10-14-21(20)26-25(15-16-25)24(29)31-18-12-8-6-4-2;2-1(3,4)8(5,6)7/h9-10,13-14H,3-8,11-12,15-19H2,1-2H3;(H,5,6,7)/q+1;/p-1. The third-order valence-corrected chi connectivity index (χ3v) is 10.2. The molecule has 9 nitrogen and oxygen atoms in total. The van der Waals surface area contributed by atoms with Gasteiger partial charge in [-0.05, 0) is 25.0 Å². The van der Waals surface area contributed by atoms with Crippen molar-refractivity contribution < 1.29 is 75.9 Å². The van der Waals surface area contributed by atoms with E-state index in [0.717, 1.165) is 67.8 Å². The first kappa shape index (κ1) is 36.1. The molecule has 0 heterocycles. The van der Waals surface area contributed by atoms with Crippen LogP contribution in [0.5, 0.6) is 0 Å². The average Bonchev–Trinajstić information content (AvgIpc) is 3.67. The zero-order valence-electron chi connectivity index (χ0n) is 22.6. The van der Waals surface area contributed by atoms with Gasteiger partial charge in [-0.2, -0.15) is 13.2 Å². The van der Waals surface area contributed by atoms with Gasteiger partial charge in [0, 0.05) is 12.8 Å². The van der Waals surface area contributed by atoms with Crippen molar-refractivity contribution in [3.63, 3.8) is 0 Å². The molecule has 0 unspecified atom stereocenters. The van der Waals surface area contributed by atoms with Crippen molar-refractivity contribution in [2.45, 2.75) is 87.0 Å². The summed E-state index contributed by atoms with van der Waals surface area (Å²) in [6.07, 6.45) is 9.94. The van der Waals surface area contributed by atoms with Crippen LogP contribution in [0.25, 0.3) is 0 Å². The van der Waals surface area contributed by atoms with Crippen LogP contribution in [0.2, 0.25) is 0 Å². The maximum Gasteiger partial charge on any atom is 0.485 e. The topological polar surface area (TPSA) is 136 Å². The van der Waals surface area contributed by atoms with Gasteiger partial charge in [0.15, 0.2) is 16.7 Å². The van der Waals surface area contributed by atoms with Gasteiger partial charge in [-0.3, -0.25) is 0 Å². The first-order valence-electron chi connectivity index (χ1n) is 13.0. The van der Waals surface area contributed by atoms with Crippen molar-refractivity contribution in [3.05, 3.63) is 33.4 Å². The number of esters is 3. The lowest BCUT2D eigenvalue weighted by atomic mass is 10.2. The van der Waals surface area contributed by atoms with Gasteiger partial charge < -0.3 is 18.8 Å². The van der Waals surface area contributed by atoms with Crippen LogP contribution in [0, 0.1) is 3.57 Å². The number of benzene rings is 1. The molecule has 0 saturated heterocycles. The summed E-state index contributed by atoms with van der Waals surface area (Å²) in [6.45, 7) is 4.68. The van der Waals surface area contributed by atoms with Crippen LogP contribution in [0.15, 0.2) is 24.3 Å². The molecule has 0 aromatic heterocycles. The summed E-state index contributed by atoms with van der Waals surface area (Å²) in [7, 11) is -6.09. The van der Waals surface area contributed by atoms with E-state index in [9.17, 15) is 27.6 Å². The first-order chi connectivity index (χ1) is 18.8. The SMILES string of the molecule is CCCCCCOC(=O)COC(=O)c1ccccc1[I+]C1(C(=O)OCCCCCC)CC1.O=S(=O)([O-])C(F)(F)F. The molecular formula is C26H36F3IO9S. The Labute approximate surface area is 243 Å². The third-order valence-electron chi connectivity index (χ3n) is 5.53. The number of hydrogen-bond donors (Lipinski definition) is 0. The normalized spacial score (nSPS) is 13.9. The van der Waals surface area contributed by atoms with Crippen LogP contribution in [-0.2, 0) is 33.9 Å². The molecule has 2 rings (SSSR count). The lowest BCUT2D eigenvalue weighted by molar-refractivity contribution is -0.665. The number of hydrogen-bond acceptors (Lipinski definition) is 9. The predicted octanol–water partition coefficient (Wildman–Crippen LogP) is 1.93. The maximum absolute atomic E-state index is 12.7. The van der Waals surface area contributed by atoms with Crippen molar-refractivity contribution in [3.8, 4) is 0 Å². The van der Waals surface area contributed by atoms with E-state index in [2.05, 4.69) is 13.8 Å². The Hall–Kier alpha value is -1.94. The second-order valence-electron chi connectivity index (χ2n) is 8.99. The fourth-order valence-corrected chi connectivity index (χ4v) is 6.51. The Morgan fingerprint density at radius 2 is 1.43 bits per heavy atom. The highest BCUT2D eigenvalue weighted by Crippen LogP contribution is 2.30. The zero-order valence-corrected chi connectivity index (χ0v) is 25.6. The highest BCUT2D eigenvalue weighted by Gasteiger charge is 2.65. The van der Waals surface area contributed by atoms with Gasteiger partial charge in [-0.15, -0.1) is 0 Å². The Balaban J connectivity index is 0.000000869. The van der Waals surface area contributed by atoms with Crippen LogP contribution in [-0.4, -0.2) is 59.6 Å². The minimum Gasteiger partial charge on any atom is -0.741 e. The summed E-state index contributed by atoms with van der Waals surface area (Å²) in [5.41, 5.74) is -5.22. The van der Waals surface area contributed by atoms with E-state index in [0.29, 0.717) is 18.8 Å². The molecule has 14 heteroatoms. The quantitative estimate of drug-likeness (QED) is 0.0480. The van der Waals surface area contributed by atoms with Crippen LogP contribution >= 0.6 is 0 Å². The fraction of sp³-hybridized carbons (Fsp3) is 0.654. The van der Waals surface area contributed by atoms with E-state index in [-0.39, 0.29) is 5.97 Å². The van der Waals surface area contributed by atoms with Gasteiger partial charge in [0.1, 0.15) is 5.56 Å². The van der Waals surface area contributed by atoms with E-state index in [1.54, 1.807) is 12.1 Å². The number of ether oxygens (including phenoxy) is 3. The lowest BCUT2D eigenvalue weighted by Crippen LogP contribution is -3.67. The molecule has 0 bridgehead atoms. The molecule has 1 fully saturated rings. The molecule has 1 aromatic carbocycles. The summed E-state index contributed by atoms with van der Waals surface area (Å²) in [5, 5.41) is 0. The molecule has 0 amide bonds. The Morgan fingerprint density at radius 1 is 0.900 bits per heavy atom. The molecule has 1 aliphatic rings. The Morgan fingerprint density at radius 3 is 1.93 bits per heavy atom. The van der Waals surface area contributed by atoms with Crippen LogP contribution in [0.4, 0.5) is 13.2 Å². The molecule has 1 aromatic rings. The van der Waals surface area contributed by atoms with Crippen molar-refractivity contribution >= 4 is 28.0 Å². The molecule has 0 N–H and O–H groups in total. The van der Waals surface area contributed by atoms with E-state index in [4.69, 9.17) is 27.2 Å². The summed E-state index contributed by atoms with van der Waals surface area (Å²) >= 11 is -0.768. The summed E-state index contributed by atoms with van der Waals surface area (Å²) in [4.78, 5) is 37.1. The van der Waals surface area contributed by atoms with E-state index >= 15 is 0 Å². The highest BCUT2D eigenvalue weighted by atomic mass is 127. The van der Waals surface area contributed by atoms with Gasteiger partial charge in [0.05, 0.1) is 13.2 Å². The Bertz CT molecular complexity index is 1060. The zero-order chi connectivity index (χ0) is 30.2. The predicted molar refractivity (Wildman–Crippen MR) is 133 cm³/mol. The summed E-state index contributed by atoms with van der Waals surface area (Å²) < 4.78 is 75.2. The number of carbonyl (C=O) groups excluding carboxylic acids is 3. The Kier molecular flexibility index (Phi) is 16.0. The first-order valence-corrected chi connectivity index (χ1v) is 16.6. The number of carbonyl (C=O) groups is 3. The second-order valence-corrected chi connectivity index (χ2v) is 14.1. The largest absolute Gasteiger partial charge is 0.741 e. The van der Waals surface area contributed by atoms with Crippen LogP contribution in [0.3, 0.4) is 0 Å². The number of alkyl halides is 4. The van der Waals surface area contributed by atoms with Gasteiger partial charge >= 0.3 is 44.6 Å². The minimum absolute atomic E-state index is 0.128. The number of halogens is 4. The van der Waals surface area contributed by atoms with Crippen LogP contribution < -0.4 is 21.2 Å². The van der Waals surface area contributed by atoms with E-state index in [1.165, 1.54) is 0 Å². The van der Waals surface area contributed by atoms with Crippen molar-refractivity contribution in [2.75, 3.05) is 19.8 Å². The molecule has 0 aliphatic heterocycles. The molecular weight excluding hydrogens is 672 g/mol. The molecule has 0 atom stereocenters. The second kappa shape index (κ2) is 17.8. The van der Waals surface area contributed by atoms with Crippen LogP contribution in [0.1, 0.15) is 88.4 Å². The lowest BCUT2D eigenvalue weighted by Gasteiger charge is -2.08. The van der Waals surface area contributed by atoms with E-state index < -0.39 is 58.8 Å². The van der Waals surface area contributed by atoms with Gasteiger partial charge in [-0.1, -0.05) is 64.5 Å². The number of unbranched alkanes of at least 4 members (excludes halogenated alkanes) is 6. The maximum atomic E-state index is 12.7.